The molecule has 1 aliphatic heterocycles. The van der Waals surface area contributed by atoms with Crippen molar-refractivity contribution >= 4 is 32.7 Å². The Bertz CT molecular complexity index is 743. The highest BCUT2D eigenvalue weighted by molar-refractivity contribution is 7.89. The van der Waals surface area contributed by atoms with Crippen LogP contribution in [0.3, 0.4) is 0 Å². The molecule has 2 aromatic rings. The van der Waals surface area contributed by atoms with Crippen molar-refractivity contribution in [1.29, 1.82) is 0 Å². The second kappa shape index (κ2) is 5.00. The minimum atomic E-state index is -3.58. The molecule has 8 heteroatoms. The highest BCUT2D eigenvalue weighted by atomic mass is 35.5. The van der Waals surface area contributed by atoms with Crippen molar-refractivity contribution in [2.75, 3.05) is 19.6 Å². The smallest absolute Gasteiger partial charge is 0.245 e. The Kier molecular flexibility index (Phi) is 3.45. The normalized spacial score (nSPS) is 21.4. The van der Waals surface area contributed by atoms with Gasteiger partial charge in [0.05, 0.1) is 10.4 Å². The Morgan fingerprint density at radius 2 is 2.30 bits per heavy atom. The van der Waals surface area contributed by atoms with Crippen molar-refractivity contribution < 1.29 is 8.42 Å². The van der Waals surface area contributed by atoms with Crippen LogP contribution < -0.4 is 5.32 Å². The number of hydrogen-bond acceptors (Lipinski definition) is 4. The number of rotatable bonds is 2. The number of aromatic amines is 1. The third kappa shape index (κ3) is 2.10. The minimum absolute atomic E-state index is 0.0888. The molecule has 1 fully saturated rings. The predicted molar refractivity (Wildman–Crippen MR) is 77.3 cm³/mol. The molecule has 3 heterocycles. The molecule has 1 aliphatic rings. The van der Waals surface area contributed by atoms with E-state index in [1.165, 1.54) is 10.5 Å². The highest BCUT2D eigenvalue weighted by Crippen LogP contribution is 2.31. The van der Waals surface area contributed by atoms with Gasteiger partial charge >= 0.3 is 0 Å². The Morgan fingerprint density at radius 3 is 3.05 bits per heavy atom. The molecule has 20 heavy (non-hydrogen) atoms. The van der Waals surface area contributed by atoms with Gasteiger partial charge in [-0.1, -0.05) is 11.6 Å². The van der Waals surface area contributed by atoms with Crippen LogP contribution in [0, 0.1) is 0 Å². The van der Waals surface area contributed by atoms with E-state index in [1.807, 2.05) is 6.92 Å². The summed E-state index contributed by atoms with van der Waals surface area (Å²) in [6.07, 6.45) is 3.01. The molecular formula is C12H15ClN4O2S. The lowest BCUT2D eigenvalue weighted by Gasteiger charge is -2.32. The third-order valence-electron chi connectivity index (χ3n) is 3.51. The number of hydrogen-bond donors (Lipinski definition) is 2. The quantitative estimate of drug-likeness (QED) is 0.873. The van der Waals surface area contributed by atoms with E-state index in [1.54, 1.807) is 12.3 Å². The van der Waals surface area contributed by atoms with Gasteiger partial charge in [-0.3, -0.25) is 0 Å². The van der Waals surface area contributed by atoms with Gasteiger partial charge in [-0.15, -0.1) is 0 Å². The van der Waals surface area contributed by atoms with Crippen LogP contribution in [0.4, 0.5) is 0 Å². The fraction of sp³-hybridized carbons (Fsp3) is 0.417. The summed E-state index contributed by atoms with van der Waals surface area (Å²) in [5.41, 5.74) is 0.485. The SMILES string of the molecule is CC1CNCCN1S(=O)(=O)c1c[nH]c2nccc(Cl)c12. The van der Waals surface area contributed by atoms with Crippen LogP contribution in [0.1, 0.15) is 6.92 Å². The Balaban J connectivity index is 2.14. The van der Waals surface area contributed by atoms with E-state index < -0.39 is 10.0 Å². The number of aromatic nitrogens is 2. The van der Waals surface area contributed by atoms with Crippen LogP contribution in [0.2, 0.25) is 5.02 Å². The Hall–Kier alpha value is -1.15. The molecule has 1 unspecified atom stereocenters. The highest BCUT2D eigenvalue weighted by Gasteiger charge is 2.33. The zero-order valence-electron chi connectivity index (χ0n) is 10.9. The van der Waals surface area contributed by atoms with E-state index >= 15 is 0 Å². The van der Waals surface area contributed by atoms with Crippen molar-refractivity contribution in [2.24, 2.45) is 0 Å². The summed E-state index contributed by atoms with van der Waals surface area (Å²) in [7, 11) is -3.58. The van der Waals surface area contributed by atoms with E-state index in [0.717, 1.165) is 0 Å². The monoisotopic (exact) mass is 314 g/mol. The first-order valence-electron chi connectivity index (χ1n) is 6.36. The van der Waals surface area contributed by atoms with Crippen LogP contribution in [0.15, 0.2) is 23.4 Å². The van der Waals surface area contributed by atoms with Crippen LogP contribution in [-0.4, -0.2) is 48.4 Å². The van der Waals surface area contributed by atoms with Gasteiger partial charge in [-0.2, -0.15) is 4.31 Å². The van der Waals surface area contributed by atoms with Crippen molar-refractivity contribution in [2.45, 2.75) is 17.9 Å². The number of nitrogens with one attached hydrogen (secondary N) is 2. The molecule has 1 saturated heterocycles. The molecule has 6 nitrogen and oxygen atoms in total. The molecule has 0 bridgehead atoms. The van der Waals surface area contributed by atoms with Gasteiger partial charge in [-0.05, 0) is 13.0 Å². The van der Waals surface area contributed by atoms with Gasteiger partial charge in [0.2, 0.25) is 10.0 Å². The lowest BCUT2D eigenvalue weighted by Crippen LogP contribution is -2.52. The molecule has 0 amide bonds. The van der Waals surface area contributed by atoms with Crippen LogP contribution in [0.25, 0.3) is 11.0 Å². The summed E-state index contributed by atoms with van der Waals surface area (Å²) in [6.45, 7) is 3.64. The summed E-state index contributed by atoms with van der Waals surface area (Å²) in [4.78, 5) is 7.17. The molecule has 2 N–H and O–H groups in total. The number of pyridine rings is 1. The number of piperazine rings is 1. The van der Waals surface area contributed by atoms with E-state index in [0.29, 0.717) is 35.7 Å². The average Bonchev–Trinajstić information content (AvgIpc) is 2.85. The number of fused-ring (bicyclic) bond motifs is 1. The van der Waals surface area contributed by atoms with E-state index in [9.17, 15) is 8.42 Å². The molecule has 2 aromatic heterocycles. The number of H-pyrrole nitrogens is 1. The fourth-order valence-corrected chi connectivity index (χ4v) is 4.61. The molecule has 0 aromatic carbocycles. The molecule has 3 rings (SSSR count). The Morgan fingerprint density at radius 1 is 1.50 bits per heavy atom. The topological polar surface area (TPSA) is 78.1 Å². The molecule has 0 spiro atoms. The molecule has 0 saturated carbocycles. The maximum atomic E-state index is 12.8. The summed E-state index contributed by atoms with van der Waals surface area (Å²) in [5.74, 6) is 0. The largest absolute Gasteiger partial charge is 0.345 e. The fourth-order valence-electron chi connectivity index (χ4n) is 2.50. The molecule has 1 atom stereocenters. The Labute approximate surface area is 122 Å². The van der Waals surface area contributed by atoms with Crippen molar-refractivity contribution in [3.05, 3.63) is 23.5 Å². The first kappa shape index (κ1) is 13.8. The summed E-state index contributed by atoms with van der Waals surface area (Å²) in [6, 6.07) is 1.51. The summed E-state index contributed by atoms with van der Waals surface area (Å²) < 4.78 is 27.1. The van der Waals surface area contributed by atoms with Gasteiger partial charge in [0, 0.05) is 38.1 Å². The molecular weight excluding hydrogens is 300 g/mol. The van der Waals surface area contributed by atoms with Gasteiger partial charge in [-0.25, -0.2) is 13.4 Å². The predicted octanol–water partition coefficient (Wildman–Crippen LogP) is 1.20. The third-order valence-corrected chi connectivity index (χ3v) is 5.87. The number of sulfonamides is 1. The van der Waals surface area contributed by atoms with E-state index in [4.69, 9.17) is 11.6 Å². The zero-order valence-corrected chi connectivity index (χ0v) is 12.5. The lowest BCUT2D eigenvalue weighted by molar-refractivity contribution is 0.284. The minimum Gasteiger partial charge on any atom is -0.345 e. The number of halogens is 1. The van der Waals surface area contributed by atoms with Gasteiger partial charge in [0.25, 0.3) is 0 Å². The maximum Gasteiger partial charge on any atom is 0.245 e. The van der Waals surface area contributed by atoms with Crippen molar-refractivity contribution in [1.82, 2.24) is 19.6 Å². The van der Waals surface area contributed by atoms with Gasteiger partial charge in [0.15, 0.2) is 0 Å². The second-order valence-corrected chi connectivity index (χ2v) is 7.10. The van der Waals surface area contributed by atoms with Crippen LogP contribution in [0.5, 0.6) is 0 Å². The van der Waals surface area contributed by atoms with E-state index in [-0.39, 0.29) is 10.9 Å². The first-order valence-corrected chi connectivity index (χ1v) is 8.18. The van der Waals surface area contributed by atoms with Crippen molar-refractivity contribution in [3.63, 3.8) is 0 Å². The first-order chi connectivity index (χ1) is 9.51. The lowest BCUT2D eigenvalue weighted by atomic mass is 10.3. The van der Waals surface area contributed by atoms with E-state index in [2.05, 4.69) is 15.3 Å². The maximum absolute atomic E-state index is 12.8. The zero-order chi connectivity index (χ0) is 14.3. The molecule has 108 valence electrons. The molecule has 0 aliphatic carbocycles. The standard InChI is InChI=1S/C12H15ClN4O2S/c1-8-6-14-4-5-17(8)20(18,19)10-7-16-12-11(10)9(13)2-3-15-12/h2-3,7-8,14H,4-6H2,1H3,(H,15,16). The van der Waals surface area contributed by atoms with Crippen LogP contribution in [-0.2, 0) is 10.0 Å². The van der Waals surface area contributed by atoms with Gasteiger partial charge < -0.3 is 10.3 Å². The summed E-state index contributed by atoms with van der Waals surface area (Å²) >= 11 is 6.13. The average molecular weight is 315 g/mol. The number of nitrogens with zero attached hydrogens (tertiary/aromatic N) is 2. The second-order valence-electron chi connectivity index (χ2n) is 4.84. The van der Waals surface area contributed by atoms with Crippen molar-refractivity contribution in [3.8, 4) is 0 Å². The molecule has 0 radical (unpaired) electrons. The van der Waals surface area contributed by atoms with Gasteiger partial charge in [0.1, 0.15) is 10.5 Å². The summed E-state index contributed by atoms with van der Waals surface area (Å²) in [5, 5.41) is 4.02. The van der Waals surface area contributed by atoms with Crippen LogP contribution >= 0.6 is 11.6 Å².